The van der Waals surface area contributed by atoms with E-state index >= 15 is 0 Å². The van der Waals surface area contributed by atoms with Gasteiger partial charge in [-0.05, 0) is 53.3 Å². The Hall–Kier alpha value is -0.860. The second-order valence-corrected chi connectivity index (χ2v) is 6.35. The van der Waals surface area contributed by atoms with Crippen molar-refractivity contribution in [2.45, 2.75) is 38.6 Å². The van der Waals surface area contributed by atoms with Crippen molar-refractivity contribution in [2.75, 3.05) is 6.54 Å². The van der Waals surface area contributed by atoms with E-state index in [0.717, 1.165) is 6.54 Å². The standard InChI is InChI=1S/C17H20BrN/c1-3-19-16-9-8-11(2)17-13-7-5-4-6-12(13)15(18)10-14(16)17/h4-7,10-11,16,19H,3,8-9H2,1-2H3. The lowest BCUT2D eigenvalue weighted by molar-refractivity contribution is 0.443. The van der Waals surface area contributed by atoms with Gasteiger partial charge in [0.25, 0.3) is 0 Å². The minimum absolute atomic E-state index is 0.511. The third-order valence-electron chi connectivity index (χ3n) is 4.27. The molecule has 0 spiro atoms. The number of hydrogen-bond donors (Lipinski definition) is 1. The van der Waals surface area contributed by atoms with Crippen LogP contribution in [0, 0.1) is 0 Å². The van der Waals surface area contributed by atoms with Gasteiger partial charge >= 0.3 is 0 Å². The highest BCUT2D eigenvalue weighted by atomic mass is 79.9. The number of halogens is 1. The van der Waals surface area contributed by atoms with Crippen LogP contribution in [0.5, 0.6) is 0 Å². The fourth-order valence-corrected chi connectivity index (χ4v) is 3.98. The Bertz CT molecular complexity index is 605. The molecule has 0 fully saturated rings. The summed E-state index contributed by atoms with van der Waals surface area (Å²) in [7, 11) is 0. The molecule has 0 heterocycles. The summed E-state index contributed by atoms with van der Waals surface area (Å²) >= 11 is 3.75. The van der Waals surface area contributed by atoms with E-state index in [1.807, 2.05) is 0 Å². The first-order chi connectivity index (χ1) is 9.22. The van der Waals surface area contributed by atoms with E-state index in [9.17, 15) is 0 Å². The van der Waals surface area contributed by atoms with Crippen molar-refractivity contribution in [1.82, 2.24) is 5.32 Å². The molecule has 0 saturated heterocycles. The van der Waals surface area contributed by atoms with Crippen LogP contribution in [0.25, 0.3) is 10.8 Å². The van der Waals surface area contributed by atoms with Gasteiger partial charge in [-0.25, -0.2) is 0 Å². The molecule has 2 aromatic carbocycles. The summed E-state index contributed by atoms with van der Waals surface area (Å²) in [6.45, 7) is 5.58. The molecule has 2 unspecified atom stereocenters. The van der Waals surface area contributed by atoms with Crippen molar-refractivity contribution in [3.05, 3.63) is 45.9 Å². The summed E-state index contributed by atoms with van der Waals surface area (Å²) in [6, 6.07) is 11.6. The molecule has 2 aromatic rings. The molecule has 100 valence electrons. The first-order valence-corrected chi connectivity index (χ1v) is 7.96. The Labute approximate surface area is 123 Å². The van der Waals surface area contributed by atoms with Gasteiger partial charge in [-0.2, -0.15) is 0 Å². The highest BCUT2D eigenvalue weighted by Crippen LogP contribution is 2.43. The van der Waals surface area contributed by atoms with Crippen molar-refractivity contribution in [3.8, 4) is 0 Å². The predicted molar refractivity (Wildman–Crippen MR) is 85.7 cm³/mol. The van der Waals surface area contributed by atoms with Gasteiger partial charge in [-0.3, -0.25) is 0 Å². The number of benzene rings is 2. The van der Waals surface area contributed by atoms with Crippen LogP contribution in [0.4, 0.5) is 0 Å². The number of fused-ring (bicyclic) bond motifs is 3. The zero-order valence-electron chi connectivity index (χ0n) is 11.5. The largest absolute Gasteiger partial charge is 0.310 e. The van der Waals surface area contributed by atoms with E-state index < -0.39 is 0 Å². The Morgan fingerprint density at radius 1 is 1.21 bits per heavy atom. The van der Waals surface area contributed by atoms with Gasteiger partial charge in [0.05, 0.1) is 0 Å². The Kier molecular flexibility index (Phi) is 3.64. The SMILES string of the molecule is CCNC1CCC(C)c2c1cc(Br)c1ccccc21. The van der Waals surface area contributed by atoms with Gasteiger partial charge in [-0.1, -0.05) is 54.0 Å². The zero-order chi connectivity index (χ0) is 13.4. The molecule has 2 atom stereocenters. The fraction of sp³-hybridized carbons (Fsp3) is 0.412. The van der Waals surface area contributed by atoms with Crippen molar-refractivity contribution < 1.29 is 0 Å². The Morgan fingerprint density at radius 2 is 1.95 bits per heavy atom. The average molecular weight is 318 g/mol. The highest BCUT2D eigenvalue weighted by molar-refractivity contribution is 9.10. The van der Waals surface area contributed by atoms with Crippen LogP contribution in [-0.2, 0) is 0 Å². The van der Waals surface area contributed by atoms with Crippen LogP contribution >= 0.6 is 15.9 Å². The van der Waals surface area contributed by atoms with E-state index in [1.54, 1.807) is 5.56 Å². The molecule has 0 amide bonds. The van der Waals surface area contributed by atoms with Crippen LogP contribution in [0.15, 0.2) is 34.8 Å². The van der Waals surface area contributed by atoms with Crippen molar-refractivity contribution in [3.63, 3.8) is 0 Å². The quantitative estimate of drug-likeness (QED) is 0.807. The summed E-state index contributed by atoms with van der Waals surface area (Å²) in [5, 5.41) is 6.39. The smallest absolute Gasteiger partial charge is 0.0323 e. The first kappa shape index (κ1) is 13.1. The van der Waals surface area contributed by atoms with E-state index in [2.05, 4.69) is 65.4 Å². The fourth-order valence-electron chi connectivity index (χ4n) is 3.39. The molecular weight excluding hydrogens is 298 g/mol. The monoisotopic (exact) mass is 317 g/mol. The van der Waals surface area contributed by atoms with Gasteiger partial charge in [0, 0.05) is 10.5 Å². The molecule has 0 radical (unpaired) electrons. The topological polar surface area (TPSA) is 12.0 Å². The molecule has 0 bridgehead atoms. The van der Waals surface area contributed by atoms with Gasteiger partial charge < -0.3 is 5.32 Å². The Balaban J connectivity index is 2.27. The van der Waals surface area contributed by atoms with Crippen LogP contribution in [0.3, 0.4) is 0 Å². The molecule has 1 nitrogen and oxygen atoms in total. The zero-order valence-corrected chi connectivity index (χ0v) is 13.1. The third-order valence-corrected chi connectivity index (χ3v) is 4.93. The van der Waals surface area contributed by atoms with Crippen LogP contribution in [0.2, 0.25) is 0 Å². The van der Waals surface area contributed by atoms with Gasteiger partial charge in [0.1, 0.15) is 0 Å². The number of rotatable bonds is 2. The van der Waals surface area contributed by atoms with Gasteiger partial charge in [-0.15, -0.1) is 0 Å². The van der Waals surface area contributed by atoms with Gasteiger partial charge in [0.2, 0.25) is 0 Å². The first-order valence-electron chi connectivity index (χ1n) is 7.16. The maximum Gasteiger partial charge on any atom is 0.0323 e. The maximum absolute atomic E-state index is 3.75. The molecular formula is C17H20BrN. The molecule has 1 aliphatic carbocycles. The molecule has 0 saturated carbocycles. The minimum atomic E-state index is 0.511. The van der Waals surface area contributed by atoms with Crippen molar-refractivity contribution in [2.24, 2.45) is 0 Å². The molecule has 3 rings (SSSR count). The number of nitrogens with one attached hydrogen (secondary N) is 1. The van der Waals surface area contributed by atoms with Gasteiger partial charge in [0.15, 0.2) is 0 Å². The lowest BCUT2D eigenvalue weighted by Gasteiger charge is -2.32. The molecule has 19 heavy (non-hydrogen) atoms. The van der Waals surface area contributed by atoms with Crippen molar-refractivity contribution in [1.29, 1.82) is 0 Å². The molecule has 2 heteroatoms. The summed E-state index contributed by atoms with van der Waals surface area (Å²) in [5.74, 6) is 0.655. The summed E-state index contributed by atoms with van der Waals surface area (Å²) in [6.07, 6.45) is 2.52. The van der Waals surface area contributed by atoms with E-state index in [1.165, 1.54) is 33.7 Å². The molecule has 0 aliphatic heterocycles. The summed E-state index contributed by atoms with van der Waals surface area (Å²) in [4.78, 5) is 0. The van der Waals surface area contributed by atoms with Crippen molar-refractivity contribution >= 4 is 26.7 Å². The van der Waals surface area contributed by atoms with Crippen LogP contribution in [0.1, 0.15) is 49.8 Å². The number of hydrogen-bond acceptors (Lipinski definition) is 1. The lowest BCUT2D eigenvalue weighted by atomic mass is 9.78. The summed E-state index contributed by atoms with van der Waals surface area (Å²) in [5.41, 5.74) is 3.04. The molecule has 1 N–H and O–H groups in total. The second-order valence-electron chi connectivity index (χ2n) is 5.50. The predicted octanol–water partition coefficient (Wildman–Crippen LogP) is 5.15. The third kappa shape index (κ3) is 2.21. The summed E-state index contributed by atoms with van der Waals surface area (Å²) < 4.78 is 1.22. The average Bonchev–Trinajstić information content (AvgIpc) is 2.42. The second kappa shape index (κ2) is 5.26. The molecule has 1 aliphatic rings. The van der Waals surface area contributed by atoms with E-state index in [-0.39, 0.29) is 0 Å². The van der Waals surface area contributed by atoms with E-state index in [0.29, 0.717) is 12.0 Å². The van der Waals surface area contributed by atoms with Crippen LogP contribution in [-0.4, -0.2) is 6.54 Å². The minimum Gasteiger partial charge on any atom is -0.310 e. The maximum atomic E-state index is 3.75. The van der Waals surface area contributed by atoms with Crippen LogP contribution < -0.4 is 5.32 Å². The molecule has 0 aromatic heterocycles. The lowest BCUT2D eigenvalue weighted by Crippen LogP contribution is -2.26. The normalized spacial score (nSPS) is 22.5. The van der Waals surface area contributed by atoms with E-state index in [4.69, 9.17) is 0 Å². The Morgan fingerprint density at radius 3 is 2.68 bits per heavy atom. The highest BCUT2D eigenvalue weighted by Gasteiger charge is 2.26.